The van der Waals surface area contributed by atoms with Gasteiger partial charge in [0.25, 0.3) is 0 Å². The summed E-state index contributed by atoms with van der Waals surface area (Å²) in [4.78, 5) is 3.91. The number of pyridine rings is 1. The van der Waals surface area contributed by atoms with Crippen molar-refractivity contribution in [2.75, 3.05) is 14.2 Å². The van der Waals surface area contributed by atoms with E-state index < -0.39 is 11.6 Å². The molecule has 2 rings (SSSR count). The van der Waals surface area contributed by atoms with Crippen LogP contribution in [0.2, 0.25) is 0 Å². The summed E-state index contributed by atoms with van der Waals surface area (Å²) in [7, 11) is 2.96. The highest BCUT2D eigenvalue weighted by atomic mass is 19.1. The zero-order valence-corrected chi connectivity index (χ0v) is 13.6. The highest BCUT2D eigenvalue weighted by molar-refractivity contribution is 5.71. The molecule has 0 aliphatic rings. The quantitative estimate of drug-likeness (QED) is 0.802. The van der Waals surface area contributed by atoms with Crippen LogP contribution in [0.15, 0.2) is 24.4 Å². The van der Waals surface area contributed by atoms with Gasteiger partial charge in [-0.3, -0.25) is 4.98 Å². The molecule has 0 fully saturated rings. The molecule has 2 aromatic rings. The molecule has 0 atom stereocenters. The first-order valence-corrected chi connectivity index (χ1v) is 7.22. The van der Waals surface area contributed by atoms with E-state index in [-0.39, 0.29) is 11.7 Å². The Morgan fingerprint density at radius 1 is 1.09 bits per heavy atom. The Morgan fingerprint density at radius 3 is 2.35 bits per heavy atom. The average molecular weight is 319 g/mol. The molecular formula is C18H19F2NO2. The van der Waals surface area contributed by atoms with Crippen molar-refractivity contribution in [3.63, 3.8) is 0 Å². The van der Waals surface area contributed by atoms with Crippen molar-refractivity contribution in [1.29, 1.82) is 0 Å². The summed E-state index contributed by atoms with van der Waals surface area (Å²) in [5, 5.41) is 0. The first kappa shape index (κ1) is 16.9. The maximum absolute atomic E-state index is 14.7. The van der Waals surface area contributed by atoms with Gasteiger partial charge in [0.1, 0.15) is 11.6 Å². The minimum absolute atomic E-state index is 0.0474. The van der Waals surface area contributed by atoms with E-state index in [1.807, 2.05) is 13.8 Å². The third kappa shape index (κ3) is 3.67. The number of hydrogen-bond acceptors (Lipinski definition) is 3. The van der Waals surface area contributed by atoms with Crippen LogP contribution in [0.1, 0.15) is 36.6 Å². The van der Waals surface area contributed by atoms with Gasteiger partial charge in [0.05, 0.1) is 26.1 Å². The van der Waals surface area contributed by atoms with Gasteiger partial charge in [-0.1, -0.05) is 13.8 Å². The summed E-state index contributed by atoms with van der Waals surface area (Å²) in [5.74, 6) is -0.101. The number of ether oxygens (including phenoxy) is 2. The van der Waals surface area contributed by atoms with E-state index in [2.05, 4.69) is 4.98 Å². The van der Waals surface area contributed by atoms with E-state index >= 15 is 0 Å². The van der Waals surface area contributed by atoms with Crippen LogP contribution in [0.4, 0.5) is 8.78 Å². The lowest BCUT2D eigenvalue weighted by Gasteiger charge is -2.18. The second-order valence-corrected chi connectivity index (χ2v) is 5.32. The van der Waals surface area contributed by atoms with Crippen LogP contribution in [0.3, 0.4) is 0 Å². The standard InChI is InChI=1S/C18H19F2NO2/c1-11(2)16-15(22-3)9-12(17(20)18(16)23-4)5-7-14-8-6-13(19)10-21-14/h5-11H,1-4H3/b7-5+. The zero-order valence-electron chi connectivity index (χ0n) is 13.6. The lowest BCUT2D eigenvalue weighted by atomic mass is 9.97. The second-order valence-electron chi connectivity index (χ2n) is 5.32. The Hall–Kier alpha value is -2.43. The van der Waals surface area contributed by atoms with E-state index in [1.54, 1.807) is 18.2 Å². The summed E-state index contributed by atoms with van der Waals surface area (Å²) in [5.41, 5.74) is 1.52. The Kier molecular flexibility index (Phi) is 5.32. The van der Waals surface area contributed by atoms with Crippen molar-refractivity contribution in [2.45, 2.75) is 19.8 Å². The molecule has 0 saturated heterocycles. The van der Waals surface area contributed by atoms with Gasteiger partial charge in [-0.2, -0.15) is 0 Å². The Balaban J connectivity index is 2.48. The van der Waals surface area contributed by atoms with Crippen LogP contribution in [-0.4, -0.2) is 19.2 Å². The monoisotopic (exact) mass is 319 g/mol. The number of methoxy groups -OCH3 is 2. The first-order valence-electron chi connectivity index (χ1n) is 7.22. The van der Waals surface area contributed by atoms with Gasteiger partial charge >= 0.3 is 0 Å². The molecule has 0 spiro atoms. The van der Waals surface area contributed by atoms with E-state index in [0.29, 0.717) is 22.6 Å². The van der Waals surface area contributed by atoms with Crippen LogP contribution in [0.25, 0.3) is 12.2 Å². The zero-order chi connectivity index (χ0) is 17.0. The minimum atomic E-state index is -0.463. The normalized spacial score (nSPS) is 11.3. The summed E-state index contributed by atoms with van der Waals surface area (Å²) < 4.78 is 38.1. The molecule has 1 heterocycles. The first-order chi connectivity index (χ1) is 11.0. The molecule has 5 heteroatoms. The van der Waals surface area contributed by atoms with E-state index in [1.165, 1.54) is 26.4 Å². The predicted molar refractivity (Wildman–Crippen MR) is 86.7 cm³/mol. The van der Waals surface area contributed by atoms with Crippen LogP contribution in [0, 0.1) is 11.6 Å². The molecule has 0 N–H and O–H groups in total. The van der Waals surface area contributed by atoms with E-state index in [0.717, 1.165) is 6.20 Å². The van der Waals surface area contributed by atoms with Crippen molar-refractivity contribution in [1.82, 2.24) is 4.98 Å². The maximum Gasteiger partial charge on any atom is 0.172 e. The number of nitrogens with zero attached hydrogens (tertiary/aromatic N) is 1. The molecule has 3 nitrogen and oxygen atoms in total. The highest BCUT2D eigenvalue weighted by Crippen LogP contribution is 2.39. The van der Waals surface area contributed by atoms with Crippen LogP contribution in [-0.2, 0) is 0 Å². The highest BCUT2D eigenvalue weighted by Gasteiger charge is 2.21. The predicted octanol–water partition coefficient (Wildman–Crippen LogP) is 4.67. The van der Waals surface area contributed by atoms with Crippen molar-refractivity contribution < 1.29 is 18.3 Å². The number of halogens is 2. The molecule has 0 aliphatic heterocycles. The van der Waals surface area contributed by atoms with E-state index in [4.69, 9.17) is 9.47 Å². The van der Waals surface area contributed by atoms with Crippen molar-refractivity contribution >= 4 is 12.2 Å². The average Bonchev–Trinajstić information content (AvgIpc) is 2.54. The lowest BCUT2D eigenvalue weighted by Crippen LogP contribution is -2.03. The lowest BCUT2D eigenvalue weighted by molar-refractivity contribution is 0.362. The molecule has 0 radical (unpaired) electrons. The number of rotatable bonds is 5. The van der Waals surface area contributed by atoms with Crippen molar-refractivity contribution in [3.05, 3.63) is 52.9 Å². The molecule has 0 aliphatic carbocycles. The summed E-state index contributed by atoms with van der Waals surface area (Å²) >= 11 is 0. The number of hydrogen-bond donors (Lipinski definition) is 0. The molecule has 0 bridgehead atoms. The largest absolute Gasteiger partial charge is 0.496 e. The van der Waals surface area contributed by atoms with Crippen molar-refractivity contribution in [3.8, 4) is 11.5 Å². The fourth-order valence-electron chi connectivity index (χ4n) is 2.34. The van der Waals surface area contributed by atoms with E-state index in [9.17, 15) is 8.78 Å². The Labute approximate surface area is 134 Å². The van der Waals surface area contributed by atoms with Gasteiger partial charge in [-0.25, -0.2) is 8.78 Å². The number of benzene rings is 1. The van der Waals surface area contributed by atoms with Gasteiger partial charge in [0, 0.05) is 11.1 Å². The van der Waals surface area contributed by atoms with Crippen LogP contribution < -0.4 is 9.47 Å². The van der Waals surface area contributed by atoms with Gasteiger partial charge in [-0.05, 0) is 36.3 Å². The molecule has 0 unspecified atom stereocenters. The molecule has 122 valence electrons. The van der Waals surface area contributed by atoms with Crippen LogP contribution in [0.5, 0.6) is 11.5 Å². The molecule has 0 saturated carbocycles. The molecule has 23 heavy (non-hydrogen) atoms. The SMILES string of the molecule is COc1cc(/C=C/c2ccc(F)cn2)c(F)c(OC)c1C(C)C. The second kappa shape index (κ2) is 7.22. The Morgan fingerprint density at radius 2 is 1.83 bits per heavy atom. The summed E-state index contributed by atoms with van der Waals surface area (Å²) in [6, 6.07) is 4.43. The number of aromatic nitrogens is 1. The molecule has 1 aromatic carbocycles. The van der Waals surface area contributed by atoms with Crippen LogP contribution >= 0.6 is 0 Å². The fraction of sp³-hybridized carbons (Fsp3) is 0.278. The molecule has 0 amide bonds. The van der Waals surface area contributed by atoms with Gasteiger partial charge in [0.15, 0.2) is 11.6 Å². The molecular weight excluding hydrogens is 300 g/mol. The summed E-state index contributed by atoms with van der Waals surface area (Å²) in [6.07, 6.45) is 4.27. The maximum atomic E-state index is 14.7. The third-order valence-corrected chi connectivity index (χ3v) is 3.43. The van der Waals surface area contributed by atoms with Gasteiger partial charge < -0.3 is 9.47 Å². The summed E-state index contributed by atoms with van der Waals surface area (Å²) in [6.45, 7) is 3.88. The van der Waals surface area contributed by atoms with Gasteiger partial charge in [-0.15, -0.1) is 0 Å². The van der Waals surface area contributed by atoms with Gasteiger partial charge in [0.2, 0.25) is 0 Å². The smallest absolute Gasteiger partial charge is 0.172 e. The molecule has 1 aromatic heterocycles. The van der Waals surface area contributed by atoms with Crippen molar-refractivity contribution in [2.24, 2.45) is 0 Å². The fourth-order valence-corrected chi connectivity index (χ4v) is 2.34. The minimum Gasteiger partial charge on any atom is -0.496 e. The Bertz CT molecular complexity index is 710. The topological polar surface area (TPSA) is 31.4 Å². The third-order valence-electron chi connectivity index (χ3n) is 3.43.